The number of carbonyl (C=O) groups is 1. The summed E-state index contributed by atoms with van der Waals surface area (Å²) >= 11 is 0. The maximum absolute atomic E-state index is 12.2. The topological polar surface area (TPSA) is 126 Å². The van der Waals surface area contributed by atoms with E-state index >= 15 is 0 Å². The van der Waals surface area contributed by atoms with Gasteiger partial charge in [0.15, 0.2) is 0 Å². The monoisotopic (exact) mass is 353 g/mol. The number of rotatable bonds is 8. The Morgan fingerprint density at radius 1 is 1.33 bits per heavy atom. The van der Waals surface area contributed by atoms with Gasteiger partial charge >= 0.3 is 0 Å². The minimum Gasteiger partial charge on any atom is -0.395 e. The number of hydrogen-bond acceptors (Lipinski definition) is 6. The SMILES string of the molecule is C[C@@H](Cn1cncn1)NC(=O)c1ccc(S(=O)(=O)NCCO)cc1. The molecule has 1 heterocycles. The van der Waals surface area contributed by atoms with Crippen LogP contribution in [0.3, 0.4) is 0 Å². The molecule has 0 saturated heterocycles. The van der Waals surface area contributed by atoms with Crippen LogP contribution in [-0.4, -0.2) is 53.4 Å². The normalized spacial score (nSPS) is 12.8. The highest BCUT2D eigenvalue weighted by Crippen LogP contribution is 2.10. The summed E-state index contributed by atoms with van der Waals surface area (Å²) < 4.78 is 27.6. The molecule has 3 N–H and O–H groups in total. The molecule has 1 aromatic heterocycles. The van der Waals surface area contributed by atoms with Gasteiger partial charge in [-0.05, 0) is 31.2 Å². The zero-order chi connectivity index (χ0) is 17.6. The van der Waals surface area contributed by atoms with Crippen LogP contribution in [0.25, 0.3) is 0 Å². The number of nitrogens with one attached hydrogen (secondary N) is 2. The van der Waals surface area contributed by atoms with Gasteiger partial charge in [-0.3, -0.25) is 9.48 Å². The summed E-state index contributed by atoms with van der Waals surface area (Å²) in [5.41, 5.74) is 0.349. The van der Waals surface area contributed by atoms with E-state index in [0.29, 0.717) is 12.1 Å². The van der Waals surface area contributed by atoms with Crippen LogP contribution in [0.4, 0.5) is 0 Å². The lowest BCUT2D eigenvalue weighted by molar-refractivity contribution is 0.0936. The molecule has 9 nitrogen and oxygen atoms in total. The first-order valence-corrected chi connectivity index (χ1v) is 8.74. The summed E-state index contributed by atoms with van der Waals surface area (Å²) in [5.74, 6) is -0.310. The van der Waals surface area contributed by atoms with E-state index in [1.807, 2.05) is 6.92 Å². The van der Waals surface area contributed by atoms with Gasteiger partial charge in [0, 0.05) is 18.2 Å². The summed E-state index contributed by atoms with van der Waals surface area (Å²) in [5, 5.41) is 15.4. The number of benzene rings is 1. The van der Waals surface area contributed by atoms with Crippen LogP contribution in [0.2, 0.25) is 0 Å². The van der Waals surface area contributed by atoms with Crippen LogP contribution in [0.1, 0.15) is 17.3 Å². The minimum absolute atomic E-state index is 0.0307. The second kappa shape index (κ2) is 7.99. The predicted molar refractivity (Wildman–Crippen MR) is 85.7 cm³/mol. The van der Waals surface area contributed by atoms with Crippen molar-refractivity contribution in [2.75, 3.05) is 13.2 Å². The fourth-order valence-corrected chi connectivity index (χ4v) is 3.03. The first-order chi connectivity index (χ1) is 11.4. The predicted octanol–water partition coefficient (Wildman–Crippen LogP) is -0.633. The Balaban J connectivity index is 1.98. The number of aliphatic hydroxyl groups excluding tert-OH is 1. The first kappa shape index (κ1) is 18.0. The second-order valence-corrected chi connectivity index (χ2v) is 6.90. The van der Waals surface area contributed by atoms with Crippen molar-refractivity contribution in [2.45, 2.75) is 24.4 Å². The fourth-order valence-electron chi connectivity index (χ4n) is 2.01. The van der Waals surface area contributed by atoms with Gasteiger partial charge < -0.3 is 10.4 Å². The Bertz CT molecular complexity index is 759. The lowest BCUT2D eigenvalue weighted by Crippen LogP contribution is -2.35. The Morgan fingerprint density at radius 3 is 2.62 bits per heavy atom. The maximum Gasteiger partial charge on any atom is 0.251 e. The molecule has 0 aliphatic carbocycles. The average molecular weight is 353 g/mol. The molecule has 0 aliphatic rings. The highest BCUT2D eigenvalue weighted by atomic mass is 32.2. The van der Waals surface area contributed by atoms with Crippen molar-refractivity contribution in [1.29, 1.82) is 0 Å². The van der Waals surface area contributed by atoms with Gasteiger partial charge in [0.2, 0.25) is 10.0 Å². The number of aliphatic hydroxyl groups is 1. The summed E-state index contributed by atoms with van der Waals surface area (Å²) in [6.45, 7) is 1.95. The van der Waals surface area contributed by atoms with Gasteiger partial charge in [0.1, 0.15) is 12.7 Å². The molecule has 24 heavy (non-hydrogen) atoms. The van der Waals surface area contributed by atoms with Crippen molar-refractivity contribution < 1.29 is 18.3 Å². The third-order valence-electron chi connectivity index (χ3n) is 3.14. The quantitative estimate of drug-likeness (QED) is 0.580. The number of nitrogens with zero attached hydrogens (tertiary/aromatic N) is 3. The van der Waals surface area contributed by atoms with Gasteiger partial charge in [-0.2, -0.15) is 5.10 Å². The van der Waals surface area contributed by atoms with Crippen LogP contribution >= 0.6 is 0 Å². The van der Waals surface area contributed by atoms with Gasteiger partial charge in [-0.1, -0.05) is 0 Å². The Labute approximate surface area is 139 Å². The second-order valence-electron chi connectivity index (χ2n) is 5.14. The van der Waals surface area contributed by atoms with Gasteiger partial charge in [0.25, 0.3) is 5.91 Å². The van der Waals surface area contributed by atoms with E-state index < -0.39 is 10.0 Å². The number of hydrogen-bond donors (Lipinski definition) is 3. The van der Waals surface area contributed by atoms with Crippen molar-refractivity contribution in [3.63, 3.8) is 0 Å². The molecular weight excluding hydrogens is 334 g/mol. The standard InChI is InChI=1S/C14H19N5O4S/c1-11(8-19-10-15-9-16-19)18-14(21)12-2-4-13(5-3-12)24(22,23)17-6-7-20/h2-5,9-11,17,20H,6-8H2,1H3,(H,18,21)/t11-/m0/s1. The van der Waals surface area contributed by atoms with E-state index in [0.717, 1.165) is 0 Å². The number of aromatic nitrogens is 3. The molecule has 0 bridgehead atoms. The van der Waals surface area contributed by atoms with E-state index in [9.17, 15) is 13.2 Å². The number of carbonyl (C=O) groups excluding carboxylic acids is 1. The van der Waals surface area contributed by atoms with Gasteiger partial charge in [0.05, 0.1) is 18.0 Å². The van der Waals surface area contributed by atoms with E-state index in [-0.39, 0.29) is 30.0 Å². The molecule has 0 radical (unpaired) electrons. The summed E-state index contributed by atoms with van der Waals surface area (Å²) in [6, 6.07) is 5.39. The fraction of sp³-hybridized carbons (Fsp3) is 0.357. The Hall–Kier alpha value is -2.30. The molecule has 1 aromatic carbocycles. The number of amides is 1. The summed E-state index contributed by atoms with van der Waals surface area (Å²) in [7, 11) is -3.68. The smallest absolute Gasteiger partial charge is 0.251 e. The zero-order valence-electron chi connectivity index (χ0n) is 13.1. The summed E-state index contributed by atoms with van der Waals surface area (Å²) in [6.07, 6.45) is 2.97. The molecule has 130 valence electrons. The third-order valence-corrected chi connectivity index (χ3v) is 4.61. The van der Waals surface area contributed by atoms with Gasteiger partial charge in [-0.15, -0.1) is 0 Å². The molecule has 2 rings (SSSR count). The molecule has 1 amide bonds. The third kappa shape index (κ3) is 4.85. The molecule has 0 spiro atoms. The summed E-state index contributed by atoms with van der Waals surface area (Å²) in [4.78, 5) is 16.0. The van der Waals surface area contributed by atoms with E-state index in [1.54, 1.807) is 11.0 Å². The molecular formula is C14H19N5O4S. The zero-order valence-corrected chi connectivity index (χ0v) is 13.9. The molecule has 0 fully saturated rings. The lowest BCUT2D eigenvalue weighted by atomic mass is 10.2. The van der Waals surface area contributed by atoms with Crippen LogP contribution < -0.4 is 10.0 Å². The van der Waals surface area contributed by atoms with Gasteiger partial charge in [-0.25, -0.2) is 18.1 Å². The van der Waals surface area contributed by atoms with Crippen molar-refractivity contribution in [3.05, 3.63) is 42.5 Å². The molecule has 0 aliphatic heterocycles. The largest absolute Gasteiger partial charge is 0.395 e. The molecule has 10 heteroatoms. The van der Waals surface area contributed by atoms with Crippen LogP contribution in [-0.2, 0) is 16.6 Å². The molecule has 0 saturated carbocycles. The minimum atomic E-state index is -3.68. The van der Waals surface area contributed by atoms with E-state index in [2.05, 4.69) is 20.1 Å². The van der Waals surface area contributed by atoms with Crippen molar-refractivity contribution >= 4 is 15.9 Å². The Kier molecular flexibility index (Phi) is 6.01. The van der Waals surface area contributed by atoms with Crippen molar-refractivity contribution in [2.24, 2.45) is 0 Å². The number of sulfonamides is 1. The Morgan fingerprint density at radius 2 is 2.04 bits per heavy atom. The van der Waals surface area contributed by atoms with Crippen LogP contribution in [0.15, 0.2) is 41.8 Å². The lowest BCUT2D eigenvalue weighted by Gasteiger charge is -2.14. The van der Waals surface area contributed by atoms with E-state index in [1.165, 1.54) is 30.6 Å². The van der Waals surface area contributed by atoms with Crippen LogP contribution in [0.5, 0.6) is 0 Å². The average Bonchev–Trinajstić information content (AvgIpc) is 3.05. The maximum atomic E-state index is 12.2. The van der Waals surface area contributed by atoms with Crippen LogP contribution in [0, 0.1) is 0 Å². The van der Waals surface area contributed by atoms with Crippen molar-refractivity contribution in [1.82, 2.24) is 24.8 Å². The molecule has 2 aromatic rings. The van der Waals surface area contributed by atoms with Crippen molar-refractivity contribution in [3.8, 4) is 0 Å². The highest BCUT2D eigenvalue weighted by Gasteiger charge is 2.15. The highest BCUT2D eigenvalue weighted by molar-refractivity contribution is 7.89. The molecule has 1 atom stereocenters. The van der Waals surface area contributed by atoms with E-state index in [4.69, 9.17) is 5.11 Å². The first-order valence-electron chi connectivity index (χ1n) is 7.26. The molecule has 0 unspecified atom stereocenters.